The number of rotatable bonds is 8. The average molecular weight is 466 g/mol. The van der Waals surface area contributed by atoms with E-state index in [9.17, 15) is 0 Å². The van der Waals surface area contributed by atoms with Crippen LogP contribution in [0.2, 0.25) is 0 Å². The lowest BCUT2D eigenvalue weighted by Gasteiger charge is -2.11. The summed E-state index contributed by atoms with van der Waals surface area (Å²) < 4.78 is 13.9. The zero-order valence-corrected chi connectivity index (χ0v) is 19.8. The van der Waals surface area contributed by atoms with Gasteiger partial charge >= 0.3 is 0 Å². The number of anilines is 1. The quantitative estimate of drug-likeness (QED) is 0.332. The number of fused-ring (bicyclic) bond motifs is 1. The molecule has 35 heavy (non-hydrogen) atoms. The number of hydrogen-bond donors (Lipinski definition) is 1. The topological polar surface area (TPSA) is 77.9 Å². The summed E-state index contributed by atoms with van der Waals surface area (Å²) in [5.41, 5.74) is 9.69. The highest BCUT2D eigenvalue weighted by molar-refractivity contribution is 5.88. The van der Waals surface area contributed by atoms with Gasteiger partial charge in [0, 0.05) is 30.1 Å². The first kappa shape index (κ1) is 22.4. The van der Waals surface area contributed by atoms with Crippen LogP contribution in [0.15, 0.2) is 91.3 Å². The second kappa shape index (κ2) is 9.87. The van der Waals surface area contributed by atoms with E-state index in [1.807, 2.05) is 104 Å². The largest absolute Gasteiger partial charge is 0.492 e. The van der Waals surface area contributed by atoms with Gasteiger partial charge in [0.05, 0.1) is 0 Å². The maximum atomic E-state index is 6.32. The van der Waals surface area contributed by atoms with Gasteiger partial charge in [0.15, 0.2) is 0 Å². The molecule has 7 nitrogen and oxygen atoms in total. The number of ether oxygens (including phenoxy) is 2. The van der Waals surface area contributed by atoms with Crippen LogP contribution in [0.4, 0.5) is 5.82 Å². The number of nitrogens with zero attached hydrogens (tertiary/aromatic N) is 4. The maximum absolute atomic E-state index is 6.32. The van der Waals surface area contributed by atoms with Gasteiger partial charge in [-0.15, -0.1) is 0 Å². The van der Waals surface area contributed by atoms with E-state index in [2.05, 4.69) is 9.88 Å². The minimum absolute atomic E-state index is 0.421. The van der Waals surface area contributed by atoms with E-state index < -0.39 is 0 Å². The number of likely N-dealkylation sites (N-methyl/N-ethyl adjacent to an activating group) is 1. The lowest BCUT2D eigenvalue weighted by atomic mass is 10.1. The van der Waals surface area contributed by atoms with Gasteiger partial charge in [-0.2, -0.15) is 0 Å². The van der Waals surface area contributed by atoms with Gasteiger partial charge in [-0.1, -0.05) is 30.3 Å². The molecule has 176 valence electrons. The lowest BCUT2D eigenvalue weighted by molar-refractivity contribution is 0.261. The zero-order chi connectivity index (χ0) is 24.2. The lowest BCUT2D eigenvalue weighted by Crippen LogP contribution is -2.19. The van der Waals surface area contributed by atoms with Gasteiger partial charge in [0.1, 0.15) is 46.7 Å². The standard InChI is InChI=1S/C28H27N5O2/c1-32(2)17-18-34-24-10-6-7-21(19-24)28-31-25(26-27(29)30-15-16-33(26)28)20-11-13-23(14-12-20)35-22-8-4-3-5-9-22/h3-16,19H,17-18H2,1-2H3,(H2,29,30). The molecule has 0 unspecified atom stereocenters. The molecule has 7 heteroatoms. The summed E-state index contributed by atoms with van der Waals surface area (Å²) in [6.07, 6.45) is 3.56. The van der Waals surface area contributed by atoms with Crippen molar-refractivity contribution in [2.45, 2.75) is 0 Å². The summed E-state index contributed by atoms with van der Waals surface area (Å²) in [5, 5.41) is 0. The Morgan fingerprint density at radius 2 is 1.60 bits per heavy atom. The molecule has 5 aromatic rings. The van der Waals surface area contributed by atoms with Crippen molar-refractivity contribution >= 4 is 11.3 Å². The van der Waals surface area contributed by atoms with Crippen molar-refractivity contribution in [1.82, 2.24) is 19.3 Å². The Morgan fingerprint density at radius 1 is 0.857 bits per heavy atom. The average Bonchev–Trinajstić information content (AvgIpc) is 3.26. The predicted octanol–water partition coefficient (Wildman–Crippen LogP) is 5.38. The minimum Gasteiger partial charge on any atom is -0.492 e. The smallest absolute Gasteiger partial charge is 0.150 e. The molecule has 0 aliphatic heterocycles. The van der Waals surface area contributed by atoms with Crippen molar-refractivity contribution in [1.29, 1.82) is 0 Å². The Morgan fingerprint density at radius 3 is 2.37 bits per heavy atom. The monoisotopic (exact) mass is 465 g/mol. The molecule has 2 heterocycles. The van der Waals surface area contributed by atoms with Gasteiger partial charge in [-0.3, -0.25) is 4.40 Å². The highest BCUT2D eigenvalue weighted by Gasteiger charge is 2.17. The maximum Gasteiger partial charge on any atom is 0.150 e. The third kappa shape index (κ3) is 4.95. The third-order valence-corrected chi connectivity index (χ3v) is 5.59. The van der Waals surface area contributed by atoms with Crippen LogP contribution in [0.3, 0.4) is 0 Å². The Kier molecular flexibility index (Phi) is 6.32. The highest BCUT2D eigenvalue weighted by Crippen LogP contribution is 2.34. The molecule has 0 radical (unpaired) electrons. The molecule has 0 aliphatic carbocycles. The van der Waals surface area contributed by atoms with Crippen LogP contribution in [0, 0.1) is 0 Å². The fraction of sp³-hybridized carbons (Fsp3) is 0.143. The number of imidazole rings is 1. The molecule has 0 bridgehead atoms. The molecule has 0 saturated heterocycles. The number of nitrogens with two attached hydrogens (primary N) is 1. The van der Waals surface area contributed by atoms with Crippen LogP contribution in [0.5, 0.6) is 17.2 Å². The van der Waals surface area contributed by atoms with Gasteiger partial charge in [0.2, 0.25) is 0 Å². The van der Waals surface area contributed by atoms with E-state index >= 15 is 0 Å². The number of hydrogen-bond acceptors (Lipinski definition) is 6. The molecule has 0 spiro atoms. The Balaban J connectivity index is 1.49. The number of nitrogen functional groups attached to an aromatic ring is 1. The highest BCUT2D eigenvalue weighted by atomic mass is 16.5. The molecule has 0 amide bonds. The predicted molar refractivity (Wildman–Crippen MR) is 139 cm³/mol. The summed E-state index contributed by atoms with van der Waals surface area (Å²) in [6, 6.07) is 25.5. The Hall–Kier alpha value is -4.36. The molecule has 0 fully saturated rings. The van der Waals surface area contributed by atoms with Crippen LogP contribution in [-0.2, 0) is 0 Å². The number of aromatic nitrogens is 3. The van der Waals surface area contributed by atoms with Crippen molar-refractivity contribution in [3.8, 4) is 39.9 Å². The van der Waals surface area contributed by atoms with Crippen LogP contribution >= 0.6 is 0 Å². The molecule has 0 atom stereocenters. The van der Waals surface area contributed by atoms with Gasteiger partial charge in [0.25, 0.3) is 0 Å². The summed E-state index contributed by atoms with van der Waals surface area (Å²) in [7, 11) is 4.05. The molecule has 2 aromatic heterocycles. The fourth-order valence-corrected chi connectivity index (χ4v) is 3.85. The third-order valence-electron chi connectivity index (χ3n) is 5.59. The van der Waals surface area contributed by atoms with Gasteiger partial charge in [-0.25, -0.2) is 9.97 Å². The van der Waals surface area contributed by atoms with Crippen molar-refractivity contribution in [2.75, 3.05) is 33.0 Å². The van der Waals surface area contributed by atoms with Crippen molar-refractivity contribution < 1.29 is 9.47 Å². The van der Waals surface area contributed by atoms with Crippen molar-refractivity contribution in [3.63, 3.8) is 0 Å². The van der Waals surface area contributed by atoms with E-state index in [1.165, 1.54) is 0 Å². The molecule has 0 aliphatic rings. The first-order chi connectivity index (χ1) is 17.1. The Bertz CT molecular complexity index is 1430. The molecule has 3 aromatic carbocycles. The number of benzene rings is 3. The summed E-state index contributed by atoms with van der Waals surface area (Å²) in [5.74, 6) is 3.52. The summed E-state index contributed by atoms with van der Waals surface area (Å²) in [6.45, 7) is 1.45. The van der Waals surface area contributed by atoms with E-state index in [4.69, 9.17) is 20.2 Å². The minimum atomic E-state index is 0.421. The fourth-order valence-electron chi connectivity index (χ4n) is 3.85. The van der Waals surface area contributed by atoms with Gasteiger partial charge < -0.3 is 20.1 Å². The first-order valence-electron chi connectivity index (χ1n) is 11.4. The molecule has 0 saturated carbocycles. The Labute approximate surface area is 204 Å². The van der Waals surface area contributed by atoms with Crippen molar-refractivity contribution in [2.24, 2.45) is 0 Å². The van der Waals surface area contributed by atoms with E-state index in [0.717, 1.165) is 52.0 Å². The van der Waals surface area contributed by atoms with Crippen LogP contribution < -0.4 is 15.2 Å². The van der Waals surface area contributed by atoms with E-state index in [-0.39, 0.29) is 0 Å². The normalized spacial score (nSPS) is 11.2. The molecule has 5 rings (SSSR count). The van der Waals surface area contributed by atoms with E-state index in [0.29, 0.717) is 12.4 Å². The SMILES string of the molecule is CN(C)CCOc1cccc(-c2nc(-c3ccc(Oc4ccccc4)cc3)c3c(N)nccn23)c1. The summed E-state index contributed by atoms with van der Waals surface area (Å²) >= 11 is 0. The zero-order valence-electron chi connectivity index (χ0n) is 19.8. The van der Waals surface area contributed by atoms with Crippen molar-refractivity contribution in [3.05, 3.63) is 91.3 Å². The second-order valence-electron chi connectivity index (χ2n) is 8.43. The van der Waals surface area contributed by atoms with E-state index in [1.54, 1.807) is 6.20 Å². The van der Waals surface area contributed by atoms with Crippen LogP contribution in [-0.4, -0.2) is 46.5 Å². The summed E-state index contributed by atoms with van der Waals surface area (Å²) in [4.78, 5) is 11.4. The molecular weight excluding hydrogens is 438 g/mol. The molecular formula is C28H27N5O2. The first-order valence-corrected chi connectivity index (χ1v) is 11.4. The van der Waals surface area contributed by atoms with Gasteiger partial charge in [-0.05, 0) is 62.6 Å². The van der Waals surface area contributed by atoms with Crippen LogP contribution in [0.1, 0.15) is 0 Å². The second-order valence-corrected chi connectivity index (χ2v) is 8.43. The number of para-hydroxylation sites is 1. The van der Waals surface area contributed by atoms with Crippen LogP contribution in [0.25, 0.3) is 28.2 Å². The molecule has 2 N–H and O–H groups in total.